The standard InChI is InChI=1S/C15H24N4O2/c1-5-17-10(2)11-7-6-8-12(9-11)18-14(21)19-15(3,4)13(16)20/h6-10,17H,5H2,1-4H3,(H2,16,20)(H2,18,19,21). The molecule has 3 amide bonds. The summed E-state index contributed by atoms with van der Waals surface area (Å²) in [4.78, 5) is 23.1. The fraction of sp³-hybridized carbons (Fsp3) is 0.467. The first-order chi connectivity index (χ1) is 9.76. The first-order valence-electron chi connectivity index (χ1n) is 6.98. The highest BCUT2D eigenvalue weighted by Gasteiger charge is 2.26. The van der Waals surface area contributed by atoms with Crippen molar-refractivity contribution in [3.8, 4) is 0 Å². The zero-order valence-corrected chi connectivity index (χ0v) is 13.0. The summed E-state index contributed by atoms with van der Waals surface area (Å²) in [5, 5.41) is 8.55. The molecule has 0 aliphatic rings. The zero-order valence-electron chi connectivity index (χ0n) is 13.0. The molecule has 6 nitrogen and oxygen atoms in total. The van der Waals surface area contributed by atoms with Crippen molar-refractivity contribution in [1.82, 2.24) is 10.6 Å². The monoisotopic (exact) mass is 292 g/mol. The first kappa shape index (κ1) is 17.0. The highest BCUT2D eigenvalue weighted by Crippen LogP contribution is 2.17. The lowest BCUT2D eigenvalue weighted by Gasteiger charge is -2.22. The minimum atomic E-state index is -1.10. The fourth-order valence-electron chi connectivity index (χ4n) is 1.82. The van der Waals surface area contributed by atoms with Crippen LogP contribution in [0.3, 0.4) is 0 Å². The molecule has 1 rings (SSSR count). The van der Waals surface area contributed by atoms with Gasteiger partial charge in [0.2, 0.25) is 5.91 Å². The minimum absolute atomic E-state index is 0.196. The molecule has 0 saturated heterocycles. The van der Waals surface area contributed by atoms with Crippen LogP contribution in [0.25, 0.3) is 0 Å². The van der Waals surface area contributed by atoms with Gasteiger partial charge in [0.25, 0.3) is 0 Å². The average Bonchev–Trinajstić information content (AvgIpc) is 2.38. The van der Waals surface area contributed by atoms with Crippen molar-refractivity contribution in [2.45, 2.75) is 39.3 Å². The molecule has 1 aromatic carbocycles. The van der Waals surface area contributed by atoms with Gasteiger partial charge in [0.15, 0.2) is 0 Å². The van der Waals surface area contributed by atoms with Crippen LogP contribution in [-0.2, 0) is 4.79 Å². The molecule has 5 N–H and O–H groups in total. The smallest absolute Gasteiger partial charge is 0.320 e. The molecule has 116 valence electrons. The third-order valence-corrected chi connectivity index (χ3v) is 3.20. The van der Waals surface area contributed by atoms with Gasteiger partial charge in [0.1, 0.15) is 5.54 Å². The number of primary amides is 1. The topological polar surface area (TPSA) is 96.2 Å². The van der Waals surface area contributed by atoms with E-state index in [9.17, 15) is 9.59 Å². The summed E-state index contributed by atoms with van der Waals surface area (Å²) in [6.45, 7) is 8.07. The maximum absolute atomic E-state index is 11.9. The number of anilines is 1. The fourth-order valence-corrected chi connectivity index (χ4v) is 1.82. The predicted octanol–water partition coefficient (Wildman–Crippen LogP) is 1.74. The number of rotatable bonds is 6. The Morgan fingerprint density at radius 1 is 1.33 bits per heavy atom. The quantitative estimate of drug-likeness (QED) is 0.643. The van der Waals surface area contributed by atoms with Crippen molar-refractivity contribution in [3.63, 3.8) is 0 Å². The van der Waals surface area contributed by atoms with Crippen LogP contribution in [0.5, 0.6) is 0 Å². The van der Waals surface area contributed by atoms with Crippen LogP contribution in [-0.4, -0.2) is 24.0 Å². The third-order valence-electron chi connectivity index (χ3n) is 3.20. The Bertz CT molecular complexity index is 514. The molecule has 0 bridgehead atoms. The Hall–Kier alpha value is -2.08. The maximum atomic E-state index is 11.9. The number of benzene rings is 1. The van der Waals surface area contributed by atoms with Crippen molar-refractivity contribution < 1.29 is 9.59 Å². The molecule has 0 radical (unpaired) electrons. The van der Waals surface area contributed by atoms with Crippen LogP contribution in [0.15, 0.2) is 24.3 Å². The van der Waals surface area contributed by atoms with Gasteiger partial charge < -0.3 is 21.7 Å². The van der Waals surface area contributed by atoms with E-state index in [1.165, 1.54) is 0 Å². The highest BCUT2D eigenvalue weighted by molar-refractivity contribution is 5.95. The lowest BCUT2D eigenvalue weighted by Crippen LogP contribution is -2.54. The predicted molar refractivity (Wildman–Crippen MR) is 84.0 cm³/mol. The SMILES string of the molecule is CCNC(C)c1cccc(NC(=O)NC(C)(C)C(N)=O)c1. The van der Waals surface area contributed by atoms with Crippen molar-refractivity contribution in [3.05, 3.63) is 29.8 Å². The van der Waals surface area contributed by atoms with Crippen LogP contribution < -0.4 is 21.7 Å². The number of hydrogen-bond donors (Lipinski definition) is 4. The number of hydrogen-bond acceptors (Lipinski definition) is 3. The number of carbonyl (C=O) groups excluding carboxylic acids is 2. The molecule has 0 aliphatic heterocycles. The molecule has 0 heterocycles. The summed E-state index contributed by atoms with van der Waals surface area (Å²) in [6.07, 6.45) is 0. The largest absolute Gasteiger partial charge is 0.368 e. The van der Waals surface area contributed by atoms with Gasteiger partial charge in [0, 0.05) is 11.7 Å². The number of nitrogens with one attached hydrogen (secondary N) is 3. The van der Waals surface area contributed by atoms with E-state index < -0.39 is 17.5 Å². The number of amides is 3. The van der Waals surface area contributed by atoms with E-state index in [0.717, 1.165) is 12.1 Å². The summed E-state index contributed by atoms with van der Waals surface area (Å²) in [7, 11) is 0. The molecule has 0 aromatic heterocycles. The van der Waals surface area contributed by atoms with E-state index in [1.807, 2.05) is 25.1 Å². The summed E-state index contributed by atoms with van der Waals surface area (Å²) >= 11 is 0. The van der Waals surface area contributed by atoms with E-state index >= 15 is 0 Å². The maximum Gasteiger partial charge on any atom is 0.320 e. The number of carbonyl (C=O) groups is 2. The zero-order chi connectivity index (χ0) is 16.0. The van der Waals surface area contributed by atoms with Crippen LogP contribution in [0.2, 0.25) is 0 Å². The Labute approximate surface area is 125 Å². The summed E-state index contributed by atoms with van der Waals surface area (Å²) < 4.78 is 0. The number of urea groups is 1. The van der Waals surface area contributed by atoms with Gasteiger partial charge in [-0.25, -0.2) is 4.79 Å². The van der Waals surface area contributed by atoms with Crippen LogP contribution in [0.4, 0.5) is 10.5 Å². The molecular weight excluding hydrogens is 268 g/mol. The lowest BCUT2D eigenvalue weighted by molar-refractivity contribution is -0.122. The van der Waals surface area contributed by atoms with Crippen molar-refractivity contribution in [2.24, 2.45) is 5.73 Å². The van der Waals surface area contributed by atoms with Crippen LogP contribution in [0, 0.1) is 0 Å². The molecule has 21 heavy (non-hydrogen) atoms. The minimum Gasteiger partial charge on any atom is -0.368 e. The van der Waals surface area contributed by atoms with E-state index in [-0.39, 0.29) is 6.04 Å². The van der Waals surface area contributed by atoms with Gasteiger partial charge in [-0.05, 0) is 45.0 Å². The molecule has 1 unspecified atom stereocenters. The molecule has 0 aliphatic carbocycles. The Balaban J connectivity index is 2.73. The molecule has 6 heteroatoms. The van der Waals surface area contributed by atoms with Crippen LogP contribution in [0.1, 0.15) is 39.3 Å². The summed E-state index contributed by atoms with van der Waals surface area (Å²) in [5.41, 5.74) is 5.86. The van der Waals surface area contributed by atoms with E-state index in [2.05, 4.69) is 22.9 Å². The van der Waals surface area contributed by atoms with Gasteiger partial charge in [-0.2, -0.15) is 0 Å². The van der Waals surface area contributed by atoms with Crippen molar-refractivity contribution >= 4 is 17.6 Å². The Kier molecular flexibility index (Phi) is 5.72. The van der Waals surface area contributed by atoms with E-state index in [0.29, 0.717) is 5.69 Å². The van der Waals surface area contributed by atoms with Gasteiger partial charge in [-0.3, -0.25) is 4.79 Å². The molecular formula is C15H24N4O2. The first-order valence-corrected chi connectivity index (χ1v) is 6.98. The van der Waals surface area contributed by atoms with Gasteiger partial charge >= 0.3 is 6.03 Å². The summed E-state index contributed by atoms with van der Waals surface area (Å²) in [5.74, 6) is -0.591. The Morgan fingerprint density at radius 2 is 2.00 bits per heavy atom. The molecule has 0 saturated carbocycles. The van der Waals surface area contributed by atoms with E-state index in [4.69, 9.17) is 5.73 Å². The van der Waals surface area contributed by atoms with E-state index in [1.54, 1.807) is 19.9 Å². The second-order valence-corrected chi connectivity index (χ2v) is 5.47. The molecule has 1 atom stereocenters. The number of nitrogens with two attached hydrogens (primary N) is 1. The van der Waals surface area contributed by atoms with Crippen molar-refractivity contribution in [2.75, 3.05) is 11.9 Å². The second-order valence-electron chi connectivity index (χ2n) is 5.47. The molecule has 0 fully saturated rings. The molecule has 1 aromatic rings. The normalized spacial score (nSPS) is 12.6. The van der Waals surface area contributed by atoms with Gasteiger partial charge in [-0.15, -0.1) is 0 Å². The highest BCUT2D eigenvalue weighted by atomic mass is 16.2. The molecule has 0 spiro atoms. The lowest BCUT2D eigenvalue weighted by atomic mass is 10.1. The summed E-state index contributed by atoms with van der Waals surface area (Å²) in [6, 6.07) is 7.28. The second kappa shape index (κ2) is 7.08. The Morgan fingerprint density at radius 3 is 2.57 bits per heavy atom. The third kappa shape index (κ3) is 5.07. The van der Waals surface area contributed by atoms with Crippen molar-refractivity contribution in [1.29, 1.82) is 0 Å². The van der Waals surface area contributed by atoms with Gasteiger partial charge in [-0.1, -0.05) is 19.1 Å². The van der Waals surface area contributed by atoms with Crippen LogP contribution >= 0.6 is 0 Å². The van der Waals surface area contributed by atoms with Gasteiger partial charge in [0.05, 0.1) is 0 Å². The average molecular weight is 292 g/mol.